The lowest BCUT2D eigenvalue weighted by Gasteiger charge is -2.29. The Labute approximate surface area is 125 Å². The number of nitrogens with zero attached hydrogens (tertiary/aromatic N) is 1. The van der Waals surface area contributed by atoms with Crippen molar-refractivity contribution in [3.05, 3.63) is 54.6 Å². The van der Waals surface area contributed by atoms with Crippen LogP contribution in [0.15, 0.2) is 54.6 Å². The number of nitrogens with one attached hydrogen (secondary N) is 1. The zero-order valence-electron chi connectivity index (χ0n) is 12.4. The second kappa shape index (κ2) is 6.79. The van der Waals surface area contributed by atoms with Gasteiger partial charge in [0.1, 0.15) is 6.04 Å². The smallest absolute Gasteiger partial charge is 0.246 e. The molecule has 21 heavy (non-hydrogen) atoms. The van der Waals surface area contributed by atoms with Crippen molar-refractivity contribution >= 4 is 23.0 Å². The van der Waals surface area contributed by atoms with Gasteiger partial charge in [0.2, 0.25) is 5.91 Å². The van der Waals surface area contributed by atoms with Gasteiger partial charge in [-0.2, -0.15) is 0 Å². The second-order valence-electron chi connectivity index (χ2n) is 4.91. The van der Waals surface area contributed by atoms with E-state index in [1.165, 1.54) is 0 Å². The summed E-state index contributed by atoms with van der Waals surface area (Å²) in [6.45, 7) is 4.70. The van der Waals surface area contributed by atoms with E-state index in [2.05, 4.69) is 10.2 Å². The molecular formula is C17H21N3O. The molecule has 0 saturated carbocycles. The molecule has 0 saturated heterocycles. The number of para-hydroxylation sites is 1. The molecular weight excluding hydrogens is 262 g/mol. The third kappa shape index (κ3) is 3.75. The fraction of sp³-hybridized carbons (Fsp3) is 0.235. The van der Waals surface area contributed by atoms with Crippen molar-refractivity contribution in [3.63, 3.8) is 0 Å². The maximum absolute atomic E-state index is 12.4. The van der Waals surface area contributed by atoms with Crippen LogP contribution >= 0.6 is 0 Å². The van der Waals surface area contributed by atoms with Crippen LogP contribution in [-0.2, 0) is 4.79 Å². The molecule has 1 unspecified atom stereocenters. The van der Waals surface area contributed by atoms with Gasteiger partial charge in [-0.3, -0.25) is 4.79 Å². The van der Waals surface area contributed by atoms with Crippen LogP contribution in [0.25, 0.3) is 0 Å². The Kier molecular flexibility index (Phi) is 4.82. The van der Waals surface area contributed by atoms with Crippen molar-refractivity contribution in [3.8, 4) is 0 Å². The molecule has 2 aromatic rings. The molecule has 110 valence electrons. The van der Waals surface area contributed by atoms with E-state index < -0.39 is 0 Å². The van der Waals surface area contributed by atoms with Gasteiger partial charge in [0.05, 0.1) is 0 Å². The number of rotatable bonds is 5. The summed E-state index contributed by atoms with van der Waals surface area (Å²) >= 11 is 0. The first kappa shape index (κ1) is 14.9. The molecule has 4 heteroatoms. The summed E-state index contributed by atoms with van der Waals surface area (Å²) in [5.74, 6) is -0.0497. The topological polar surface area (TPSA) is 58.4 Å². The average molecular weight is 283 g/mol. The first-order chi connectivity index (χ1) is 10.1. The predicted octanol–water partition coefficient (Wildman–Crippen LogP) is 3.12. The van der Waals surface area contributed by atoms with Gasteiger partial charge in [-0.15, -0.1) is 0 Å². The summed E-state index contributed by atoms with van der Waals surface area (Å²) in [4.78, 5) is 14.5. The van der Waals surface area contributed by atoms with E-state index in [0.29, 0.717) is 5.69 Å². The van der Waals surface area contributed by atoms with E-state index in [1.807, 2.05) is 56.3 Å². The van der Waals surface area contributed by atoms with Crippen molar-refractivity contribution in [2.24, 2.45) is 0 Å². The number of nitrogen functional groups attached to an aromatic ring is 1. The van der Waals surface area contributed by atoms with Gasteiger partial charge >= 0.3 is 0 Å². The average Bonchev–Trinajstić information content (AvgIpc) is 2.49. The van der Waals surface area contributed by atoms with Crippen LogP contribution in [-0.4, -0.2) is 18.5 Å². The molecule has 1 amide bonds. The van der Waals surface area contributed by atoms with Crippen LogP contribution in [0, 0.1) is 0 Å². The lowest BCUT2D eigenvalue weighted by atomic mass is 10.2. The number of benzene rings is 2. The predicted molar refractivity (Wildman–Crippen MR) is 88.4 cm³/mol. The zero-order chi connectivity index (χ0) is 15.2. The van der Waals surface area contributed by atoms with Crippen LogP contribution < -0.4 is 16.0 Å². The van der Waals surface area contributed by atoms with Gasteiger partial charge < -0.3 is 16.0 Å². The first-order valence-electron chi connectivity index (χ1n) is 7.10. The second-order valence-corrected chi connectivity index (χ2v) is 4.91. The molecule has 0 aliphatic rings. The molecule has 0 fully saturated rings. The van der Waals surface area contributed by atoms with Crippen LogP contribution in [0.3, 0.4) is 0 Å². The van der Waals surface area contributed by atoms with Gasteiger partial charge in [0.15, 0.2) is 0 Å². The minimum absolute atomic E-state index is 0.0497. The van der Waals surface area contributed by atoms with Gasteiger partial charge in [0, 0.05) is 23.6 Å². The fourth-order valence-electron chi connectivity index (χ4n) is 2.30. The maximum atomic E-state index is 12.4. The summed E-state index contributed by atoms with van der Waals surface area (Å²) in [6, 6.07) is 16.9. The number of hydrogen-bond donors (Lipinski definition) is 2. The molecule has 0 aliphatic carbocycles. The van der Waals surface area contributed by atoms with E-state index in [1.54, 1.807) is 12.1 Å². The van der Waals surface area contributed by atoms with Crippen LogP contribution in [0.2, 0.25) is 0 Å². The van der Waals surface area contributed by atoms with Crippen LogP contribution in [0.1, 0.15) is 13.8 Å². The van der Waals surface area contributed by atoms with Gasteiger partial charge in [0.25, 0.3) is 0 Å². The number of amides is 1. The highest BCUT2D eigenvalue weighted by molar-refractivity contribution is 5.96. The number of carbonyl (C=O) groups is 1. The minimum atomic E-state index is -0.265. The number of likely N-dealkylation sites (N-methyl/N-ethyl adjacent to an activating group) is 1. The zero-order valence-corrected chi connectivity index (χ0v) is 12.4. The third-order valence-electron chi connectivity index (χ3n) is 3.43. The Bertz CT molecular complexity index is 598. The largest absolute Gasteiger partial charge is 0.399 e. The van der Waals surface area contributed by atoms with Crippen LogP contribution in [0.5, 0.6) is 0 Å². The van der Waals surface area contributed by atoms with Gasteiger partial charge in [-0.25, -0.2) is 0 Å². The highest BCUT2D eigenvalue weighted by atomic mass is 16.2. The summed E-state index contributed by atoms with van der Waals surface area (Å²) in [5.41, 5.74) is 8.12. The maximum Gasteiger partial charge on any atom is 0.246 e. The molecule has 4 nitrogen and oxygen atoms in total. The van der Waals surface area contributed by atoms with Crippen molar-refractivity contribution < 1.29 is 4.79 Å². The summed E-state index contributed by atoms with van der Waals surface area (Å²) in [5, 5.41) is 2.91. The fourth-order valence-corrected chi connectivity index (χ4v) is 2.30. The molecule has 0 radical (unpaired) electrons. The summed E-state index contributed by atoms with van der Waals surface area (Å²) in [7, 11) is 0. The Morgan fingerprint density at radius 3 is 2.52 bits per heavy atom. The van der Waals surface area contributed by atoms with Crippen molar-refractivity contribution in [1.29, 1.82) is 0 Å². The quantitative estimate of drug-likeness (QED) is 0.829. The third-order valence-corrected chi connectivity index (χ3v) is 3.43. The van der Waals surface area contributed by atoms with Gasteiger partial charge in [-0.1, -0.05) is 24.3 Å². The van der Waals surface area contributed by atoms with Crippen molar-refractivity contribution in [2.45, 2.75) is 19.9 Å². The SMILES string of the molecule is CCN(c1ccccc1)C(C)C(=O)Nc1cccc(N)c1. The molecule has 0 bridgehead atoms. The lowest BCUT2D eigenvalue weighted by molar-refractivity contribution is -0.117. The monoisotopic (exact) mass is 283 g/mol. The molecule has 2 rings (SSSR count). The Hall–Kier alpha value is -2.49. The van der Waals surface area contributed by atoms with E-state index in [-0.39, 0.29) is 11.9 Å². The summed E-state index contributed by atoms with van der Waals surface area (Å²) < 4.78 is 0. The van der Waals surface area contributed by atoms with E-state index in [4.69, 9.17) is 5.73 Å². The highest BCUT2D eigenvalue weighted by Crippen LogP contribution is 2.18. The number of carbonyl (C=O) groups excluding carboxylic acids is 1. The molecule has 0 heterocycles. The number of nitrogens with two attached hydrogens (primary N) is 1. The number of hydrogen-bond acceptors (Lipinski definition) is 3. The van der Waals surface area contributed by atoms with E-state index >= 15 is 0 Å². The molecule has 0 spiro atoms. The normalized spacial score (nSPS) is 11.7. The highest BCUT2D eigenvalue weighted by Gasteiger charge is 2.20. The molecule has 1 atom stereocenters. The minimum Gasteiger partial charge on any atom is -0.399 e. The van der Waals surface area contributed by atoms with E-state index in [0.717, 1.165) is 17.9 Å². The lowest BCUT2D eigenvalue weighted by Crippen LogP contribution is -2.42. The Morgan fingerprint density at radius 2 is 1.90 bits per heavy atom. The van der Waals surface area contributed by atoms with Crippen molar-refractivity contribution in [2.75, 3.05) is 22.5 Å². The standard InChI is InChI=1S/C17H21N3O/c1-3-20(16-10-5-4-6-11-16)13(2)17(21)19-15-9-7-8-14(18)12-15/h4-13H,3,18H2,1-2H3,(H,19,21). The van der Waals surface area contributed by atoms with E-state index in [9.17, 15) is 4.79 Å². The molecule has 2 aromatic carbocycles. The molecule has 0 aromatic heterocycles. The molecule has 0 aliphatic heterocycles. The number of anilines is 3. The van der Waals surface area contributed by atoms with Gasteiger partial charge in [-0.05, 0) is 44.2 Å². The Morgan fingerprint density at radius 1 is 1.19 bits per heavy atom. The first-order valence-corrected chi connectivity index (χ1v) is 7.10. The van der Waals surface area contributed by atoms with Crippen LogP contribution in [0.4, 0.5) is 17.1 Å². The van der Waals surface area contributed by atoms with Crippen molar-refractivity contribution in [1.82, 2.24) is 0 Å². The summed E-state index contributed by atoms with van der Waals surface area (Å²) in [6.07, 6.45) is 0. The Balaban J connectivity index is 2.10. The molecule has 3 N–H and O–H groups in total.